The van der Waals surface area contributed by atoms with Gasteiger partial charge in [-0.3, -0.25) is 28.8 Å². The van der Waals surface area contributed by atoms with Crippen molar-refractivity contribution in [2.24, 2.45) is 34.5 Å². The molecule has 0 radical (unpaired) electrons. The van der Waals surface area contributed by atoms with Gasteiger partial charge in [0.15, 0.2) is 11.6 Å². The highest BCUT2D eigenvalue weighted by molar-refractivity contribution is 6.20. The lowest BCUT2D eigenvalue weighted by Crippen LogP contribution is -2.48. The predicted octanol–water partition coefficient (Wildman–Crippen LogP) is -0.679. The van der Waals surface area contributed by atoms with Crippen molar-refractivity contribution in [3.05, 3.63) is 0 Å². The summed E-state index contributed by atoms with van der Waals surface area (Å²) in [6.07, 6.45) is 0. The van der Waals surface area contributed by atoms with Gasteiger partial charge in [0.1, 0.15) is 23.7 Å². The maximum Gasteiger partial charge on any atom is 0.316 e. The number of rotatable bonds is 4. The summed E-state index contributed by atoms with van der Waals surface area (Å²) in [4.78, 5) is 76.3. The topological polar surface area (TPSA) is 139 Å². The predicted molar refractivity (Wildman–Crippen MR) is 88.3 cm³/mol. The molecular weight excluding hydrogens is 376 g/mol. The highest BCUT2D eigenvalue weighted by Crippen LogP contribution is 2.70. The average molecular weight is 398 g/mol. The van der Waals surface area contributed by atoms with Crippen molar-refractivity contribution in [1.29, 1.82) is 0 Å². The third-order valence-electron chi connectivity index (χ3n) is 6.45. The number of fused-ring (bicyclic) bond motifs is 1. The van der Waals surface area contributed by atoms with E-state index in [2.05, 4.69) is 0 Å². The molecule has 0 N–H and O–H groups in total. The quantitative estimate of drug-likeness (QED) is 0.340. The van der Waals surface area contributed by atoms with Crippen LogP contribution in [0.25, 0.3) is 0 Å². The molecule has 0 aliphatic heterocycles. The van der Waals surface area contributed by atoms with Gasteiger partial charge in [-0.2, -0.15) is 0 Å². The Bertz CT molecular complexity index is 650. The number of hydrogen-bond acceptors (Lipinski definition) is 10. The molecule has 10 heteroatoms. The normalized spacial score (nSPS) is 36.5. The monoisotopic (exact) mass is 398 g/mol. The standard InChI is InChI=1S/C18H22O10/c1-17-7(13(21)25-3)11(19)9(15(23)27-5)18(17,2)10(16(24)28-6)12(20)8(17)14(22)26-4/h7-10H,1-6H3/t7-,8-,9-,10+,17?,18?/m1/s1. The first kappa shape index (κ1) is 21.5. The highest BCUT2D eigenvalue weighted by atomic mass is 16.5. The van der Waals surface area contributed by atoms with Crippen LogP contribution < -0.4 is 0 Å². The largest absolute Gasteiger partial charge is 0.468 e. The Morgan fingerprint density at radius 3 is 0.893 bits per heavy atom. The van der Waals surface area contributed by atoms with Gasteiger partial charge in [0.2, 0.25) is 0 Å². The summed E-state index contributed by atoms with van der Waals surface area (Å²) >= 11 is 0. The summed E-state index contributed by atoms with van der Waals surface area (Å²) in [5, 5.41) is 0. The molecule has 0 aromatic carbocycles. The van der Waals surface area contributed by atoms with Gasteiger partial charge < -0.3 is 18.9 Å². The number of ketones is 2. The van der Waals surface area contributed by atoms with E-state index in [0.717, 1.165) is 28.4 Å². The van der Waals surface area contributed by atoms with Crippen LogP contribution in [0.2, 0.25) is 0 Å². The molecular formula is C18H22O10. The average Bonchev–Trinajstić information content (AvgIpc) is 2.94. The molecule has 2 fully saturated rings. The molecule has 2 aliphatic carbocycles. The number of carbonyl (C=O) groups is 6. The Labute approximate surface area is 160 Å². The molecule has 0 bridgehead atoms. The van der Waals surface area contributed by atoms with Crippen molar-refractivity contribution in [2.75, 3.05) is 28.4 Å². The second-order valence-corrected chi connectivity index (χ2v) is 7.19. The minimum absolute atomic E-state index is 0.890. The number of methoxy groups -OCH3 is 4. The van der Waals surface area contributed by atoms with Crippen molar-refractivity contribution < 1.29 is 47.7 Å². The fourth-order valence-electron chi connectivity index (χ4n) is 5.01. The molecule has 10 nitrogen and oxygen atoms in total. The zero-order valence-corrected chi connectivity index (χ0v) is 16.4. The Morgan fingerprint density at radius 1 is 0.571 bits per heavy atom. The molecule has 2 unspecified atom stereocenters. The molecule has 0 aromatic rings. The van der Waals surface area contributed by atoms with Crippen molar-refractivity contribution in [3.63, 3.8) is 0 Å². The van der Waals surface area contributed by atoms with Crippen LogP contribution in [-0.2, 0) is 47.7 Å². The SMILES string of the molecule is COC(=O)[C@@H]1C(=O)[C@H](C(=O)OC)C2(C)[C@@H](C(=O)OC)C(=O)[C@H](C(=O)OC)C12C. The van der Waals surface area contributed by atoms with Crippen LogP contribution >= 0.6 is 0 Å². The lowest BCUT2D eigenvalue weighted by Gasteiger charge is -2.41. The van der Waals surface area contributed by atoms with Gasteiger partial charge in [0, 0.05) is 10.8 Å². The van der Waals surface area contributed by atoms with E-state index in [4.69, 9.17) is 18.9 Å². The summed E-state index contributed by atoms with van der Waals surface area (Å²) in [6, 6.07) is 0. The first-order valence-electron chi connectivity index (χ1n) is 8.39. The van der Waals surface area contributed by atoms with Crippen molar-refractivity contribution in [1.82, 2.24) is 0 Å². The van der Waals surface area contributed by atoms with Crippen LogP contribution in [0.15, 0.2) is 0 Å². The summed E-state index contributed by atoms with van der Waals surface area (Å²) in [5.74, 6) is -12.5. The van der Waals surface area contributed by atoms with Gasteiger partial charge in [-0.25, -0.2) is 0 Å². The number of Topliss-reactive ketones (excluding diaryl/α,β-unsaturated/α-hetero) is 2. The molecule has 0 heterocycles. The molecule has 0 spiro atoms. The van der Waals surface area contributed by atoms with Gasteiger partial charge in [-0.15, -0.1) is 0 Å². The Hall–Kier alpha value is -2.78. The molecule has 0 saturated heterocycles. The Kier molecular flexibility index (Phi) is 5.37. The fourth-order valence-corrected chi connectivity index (χ4v) is 5.01. The number of esters is 4. The second-order valence-electron chi connectivity index (χ2n) is 7.19. The summed E-state index contributed by atoms with van der Waals surface area (Å²) in [5.41, 5.74) is -3.56. The van der Waals surface area contributed by atoms with Crippen LogP contribution in [0.1, 0.15) is 13.8 Å². The van der Waals surface area contributed by atoms with Crippen molar-refractivity contribution in [2.45, 2.75) is 13.8 Å². The van der Waals surface area contributed by atoms with Crippen molar-refractivity contribution in [3.8, 4) is 0 Å². The van der Waals surface area contributed by atoms with Gasteiger partial charge in [0.05, 0.1) is 28.4 Å². The Balaban J connectivity index is 2.92. The summed E-state index contributed by atoms with van der Waals surface area (Å²) in [7, 11) is 4.12. The minimum atomic E-state index is -1.78. The molecule has 0 amide bonds. The molecule has 2 saturated carbocycles. The van der Waals surface area contributed by atoms with E-state index in [9.17, 15) is 28.8 Å². The number of ether oxygens (including phenoxy) is 4. The van der Waals surface area contributed by atoms with Gasteiger partial charge in [-0.1, -0.05) is 13.8 Å². The van der Waals surface area contributed by atoms with Gasteiger partial charge >= 0.3 is 23.9 Å². The zero-order chi connectivity index (χ0) is 21.6. The van der Waals surface area contributed by atoms with Gasteiger partial charge in [0.25, 0.3) is 0 Å². The molecule has 0 aromatic heterocycles. The van der Waals surface area contributed by atoms with Crippen LogP contribution in [0.5, 0.6) is 0 Å². The number of hydrogen-bond donors (Lipinski definition) is 0. The molecule has 2 rings (SSSR count). The summed E-state index contributed by atoms with van der Waals surface area (Å²) in [6.45, 7) is 2.66. The fraction of sp³-hybridized carbons (Fsp3) is 0.667. The summed E-state index contributed by atoms with van der Waals surface area (Å²) < 4.78 is 18.8. The first-order chi connectivity index (χ1) is 13.0. The van der Waals surface area contributed by atoms with E-state index in [1.807, 2.05) is 0 Å². The third-order valence-corrected chi connectivity index (χ3v) is 6.45. The zero-order valence-electron chi connectivity index (χ0n) is 16.4. The lowest BCUT2D eigenvalue weighted by atomic mass is 9.58. The lowest BCUT2D eigenvalue weighted by molar-refractivity contribution is -0.165. The maximum absolute atomic E-state index is 13.1. The van der Waals surface area contributed by atoms with E-state index < -0.39 is 69.9 Å². The second kappa shape index (κ2) is 6.99. The maximum atomic E-state index is 13.1. The van der Waals surface area contributed by atoms with E-state index in [0.29, 0.717) is 0 Å². The smallest absolute Gasteiger partial charge is 0.316 e. The molecule has 154 valence electrons. The Morgan fingerprint density at radius 2 is 0.750 bits per heavy atom. The van der Waals surface area contributed by atoms with E-state index >= 15 is 0 Å². The number of carbonyl (C=O) groups excluding carboxylic acids is 6. The van der Waals surface area contributed by atoms with Crippen molar-refractivity contribution >= 4 is 35.4 Å². The van der Waals surface area contributed by atoms with Crippen LogP contribution in [0, 0.1) is 34.5 Å². The van der Waals surface area contributed by atoms with E-state index in [1.54, 1.807) is 0 Å². The van der Waals surface area contributed by atoms with Crippen LogP contribution in [0.4, 0.5) is 0 Å². The molecule has 28 heavy (non-hydrogen) atoms. The van der Waals surface area contributed by atoms with Crippen LogP contribution in [-0.4, -0.2) is 63.9 Å². The first-order valence-corrected chi connectivity index (χ1v) is 8.39. The third kappa shape index (κ3) is 2.33. The van der Waals surface area contributed by atoms with E-state index in [1.165, 1.54) is 13.8 Å². The molecule has 6 atom stereocenters. The molecule has 2 aliphatic rings. The van der Waals surface area contributed by atoms with Gasteiger partial charge in [-0.05, 0) is 0 Å². The highest BCUT2D eigenvalue weighted by Gasteiger charge is 2.82. The van der Waals surface area contributed by atoms with Crippen LogP contribution in [0.3, 0.4) is 0 Å². The minimum Gasteiger partial charge on any atom is -0.468 e. The van der Waals surface area contributed by atoms with E-state index in [-0.39, 0.29) is 0 Å².